The molecule has 1 aromatic heterocycles. The van der Waals surface area contributed by atoms with E-state index in [9.17, 15) is 13.2 Å². The van der Waals surface area contributed by atoms with Crippen molar-refractivity contribution in [1.82, 2.24) is 10.2 Å². The maximum atomic E-state index is 12.3. The molecule has 0 radical (unpaired) electrons. The minimum atomic E-state index is -4.40. The van der Waals surface area contributed by atoms with Crippen molar-refractivity contribution in [3.8, 4) is 0 Å². The van der Waals surface area contributed by atoms with Crippen LogP contribution in [0.15, 0.2) is 0 Å². The molecule has 0 bridgehead atoms. The minimum Gasteiger partial charge on any atom is -0.346 e. The van der Waals surface area contributed by atoms with Crippen LogP contribution in [0.3, 0.4) is 0 Å². The lowest BCUT2D eigenvalue weighted by Gasteiger charge is -2.12. The average molecular weight is 272 g/mol. The number of alkyl halides is 4. The van der Waals surface area contributed by atoms with Gasteiger partial charge in [0.05, 0.1) is 0 Å². The number of rotatable bonds is 2. The summed E-state index contributed by atoms with van der Waals surface area (Å²) >= 11 is 6.28. The Kier molecular flexibility index (Phi) is 3.25. The molecule has 0 aromatic carbocycles. The third-order valence-electron chi connectivity index (χ3n) is 2.43. The fraction of sp³-hybridized carbons (Fsp3) is 0.750. The summed E-state index contributed by atoms with van der Waals surface area (Å²) in [6.07, 6.45) is -3.51. The van der Waals surface area contributed by atoms with Crippen LogP contribution in [0.1, 0.15) is 11.4 Å². The molecule has 90 valence electrons. The van der Waals surface area contributed by atoms with Gasteiger partial charge in [0.25, 0.3) is 0 Å². The standard InChI is InChI=1S/C8H9ClF3N3S/c9-3-5-1-2-15(4-5)7-14-13-6(16-7)8(10,11)12/h5H,1-4H2. The predicted octanol–water partition coefficient (Wildman–Crippen LogP) is 2.62. The van der Waals surface area contributed by atoms with Gasteiger partial charge in [0, 0.05) is 19.0 Å². The predicted molar refractivity (Wildman–Crippen MR) is 56.0 cm³/mol. The Bertz CT molecular complexity index is 368. The van der Waals surface area contributed by atoms with E-state index in [1.54, 1.807) is 4.90 Å². The van der Waals surface area contributed by atoms with Crippen molar-refractivity contribution in [3.63, 3.8) is 0 Å². The van der Waals surface area contributed by atoms with Crippen LogP contribution in [0.25, 0.3) is 0 Å². The highest BCUT2D eigenvalue weighted by molar-refractivity contribution is 7.15. The molecule has 1 aromatic rings. The summed E-state index contributed by atoms with van der Waals surface area (Å²) in [7, 11) is 0. The highest BCUT2D eigenvalue weighted by Gasteiger charge is 2.36. The molecule has 8 heteroatoms. The summed E-state index contributed by atoms with van der Waals surface area (Å²) < 4.78 is 36.9. The summed E-state index contributed by atoms with van der Waals surface area (Å²) in [6.45, 7) is 1.36. The van der Waals surface area contributed by atoms with Gasteiger partial charge in [-0.2, -0.15) is 13.2 Å². The second-order valence-electron chi connectivity index (χ2n) is 3.64. The Hall–Kier alpha value is -0.560. The lowest BCUT2D eigenvalue weighted by atomic mass is 10.2. The van der Waals surface area contributed by atoms with E-state index < -0.39 is 11.2 Å². The molecule has 0 saturated carbocycles. The number of halogens is 4. The zero-order chi connectivity index (χ0) is 11.8. The molecule has 3 nitrogen and oxygen atoms in total. The Morgan fingerprint density at radius 3 is 2.69 bits per heavy atom. The van der Waals surface area contributed by atoms with Crippen molar-refractivity contribution in [2.75, 3.05) is 23.9 Å². The zero-order valence-electron chi connectivity index (χ0n) is 8.17. The minimum absolute atomic E-state index is 0.333. The molecule has 2 rings (SSSR count). The summed E-state index contributed by atoms with van der Waals surface area (Å²) in [5.74, 6) is 0.862. The van der Waals surface area contributed by atoms with Gasteiger partial charge in [0.2, 0.25) is 10.1 Å². The SMILES string of the molecule is FC(F)(F)c1nnc(N2CCC(CCl)C2)s1. The van der Waals surface area contributed by atoms with E-state index in [1.807, 2.05) is 0 Å². The molecule has 1 unspecified atom stereocenters. The fourth-order valence-corrected chi connectivity index (χ4v) is 2.59. The lowest BCUT2D eigenvalue weighted by molar-refractivity contribution is -0.138. The first-order chi connectivity index (χ1) is 7.50. The van der Waals surface area contributed by atoms with E-state index in [0.29, 0.717) is 41.4 Å². The largest absolute Gasteiger partial charge is 0.445 e. The summed E-state index contributed by atoms with van der Waals surface area (Å²) in [5.41, 5.74) is 0. The smallest absolute Gasteiger partial charge is 0.346 e. The Morgan fingerprint density at radius 1 is 1.44 bits per heavy atom. The van der Waals surface area contributed by atoms with Crippen LogP contribution in [0, 0.1) is 5.92 Å². The van der Waals surface area contributed by atoms with E-state index in [1.165, 1.54) is 0 Å². The van der Waals surface area contributed by atoms with E-state index in [2.05, 4.69) is 10.2 Å². The highest BCUT2D eigenvalue weighted by atomic mass is 35.5. The molecular formula is C8H9ClF3N3S. The van der Waals surface area contributed by atoms with Crippen molar-refractivity contribution in [2.45, 2.75) is 12.6 Å². The average Bonchev–Trinajstić information content (AvgIpc) is 2.85. The first-order valence-electron chi connectivity index (χ1n) is 4.72. The van der Waals surface area contributed by atoms with Gasteiger partial charge < -0.3 is 4.90 Å². The van der Waals surface area contributed by atoms with Crippen LogP contribution in [0.4, 0.5) is 18.3 Å². The lowest BCUT2D eigenvalue weighted by Crippen LogP contribution is -2.19. The van der Waals surface area contributed by atoms with Gasteiger partial charge in [-0.1, -0.05) is 11.3 Å². The molecular weight excluding hydrogens is 263 g/mol. The molecule has 1 saturated heterocycles. The first kappa shape index (κ1) is 11.9. The molecule has 1 aliphatic heterocycles. The van der Waals surface area contributed by atoms with Crippen molar-refractivity contribution in [1.29, 1.82) is 0 Å². The molecule has 2 heterocycles. The van der Waals surface area contributed by atoms with Crippen LogP contribution in [0.2, 0.25) is 0 Å². The van der Waals surface area contributed by atoms with Gasteiger partial charge in [-0.15, -0.1) is 21.8 Å². The molecule has 0 amide bonds. The fourth-order valence-electron chi connectivity index (χ4n) is 1.59. The highest BCUT2D eigenvalue weighted by Crippen LogP contribution is 2.35. The molecule has 0 N–H and O–H groups in total. The topological polar surface area (TPSA) is 29.0 Å². The molecule has 1 fully saturated rings. The van der Waals surface area contributed by atoms with E-state index >= 15 is 0 Å². The van der Waals surface area contributed by atoms with Crippen LogP contribution in [0.5, 0.6) is 0 Å². The molecule has 1 aliphatic rings. The normalized spacial score (nSPS) is 21.8. The Balaban J connectivity index is 2.08. The van der Waals surface area contributed by atoms with Crippen LogP contribution in [-0.4, -0.2) is 29.2 Å². The summed E-state index contributed by atoms with van der Waals surface area (Å²) in [4.78, 5) is 1.81. The maximum Gasteiger partial charge on any atom is 0.445 e. The third kappa shape index (κ3) is 2.40. The van der Waals surface area contributed by atoms with Gasteiger partial charge in [-0.3, -0.25) is 0 Å². The molecule has 0 spiro atoms. The number of nitrogens with zero attached hydrogens (tertiary/aromatic N) is 3. The van der Waals surface area contributed by atoms with Gasteiger partial charge >= 0.3 is 6.18 Å². The van der Waals surface area contributed by atoms with E-state index in [0.717, 1.165) is 6.42 Å². The number of hydrogen-bond acceptors (Lipinski definition) is 4. The zero-order valence-corrected chi connectivity index (χ0v) is 9.74. The van der Waals surface area contributed by atoms with Crippen molar-refractivity contribution >= 4 is 28.1 Å². The monoisotopic (exact) mass is 271 g/mol. The maximum absolute atomic E-state index is 12.3. The second kappa shape index (κ2) is 4.37. The van der Waals surface area contributed by atoms with Crippen LogP contribution >= 0.6 is 22.9 Å². The van der Waals surface area contributed by atoms with Gasteiger partial charge in [-0.25, -0.2) is 0 Å². The Morgan fingerprint density at radius 2 is 2.19 bits per heavy atom. The van der Waals surface area contributed by atoms with E-state index in [-0.39, 0.29) is 0 Å². The van der Waals surface area contributed by atoms with Crippen molar-refractivity contribution < 1.29 is 13.2 Å². The van der Waals surface area contributed by atoms with Gasteiger partial charge in [0.1, 0.15) is 0 Å². The summed E-state index contributed by atoms with van der Waals surface area (Å²) in [6, 6.07) is 0. The quantitative estimate of drug-likeness (QED) is 0.775. The number of anilines is 1. The molecule has 16 heavy (non-hydrogen) atoms. The third-order valence-corrected chi connectivity index (χ3v) is 3.90. The van der Waals surface area contributed by atoms with Crippen LogP contribution in [-0.2, 0) is 6.18 Å². The Labute approximate surface area is 99.2 Å². The first-order valence-corrected chi connectivity index (χ1v) is 6.07. The number of hydrogen-bond donors (Lipinski definition) is 0. The molecule has 1 atom stereocenters. The van der Waals surface area contributed by atoms with Crippen molar-refractivity contribution in [3.05, 3.63) is 5.01 Å². The number of aromatic nitrogens is 2. The van der Waals surface area contributed by atoms with Crippen molar-refractivity contribution in [2.24, 2.45) is 5.92 Å². The van der Waals surface area contributed by atoms with Gasteiger partial charge in [0.15, 0.2) is 0 Å². The van der Waals surface area contributed by atoms with E-state index in [4.69, 9.17) is 11.6 Å². The molecule has 0 aliphatic carbocycles. The summed E-state index contributed by atoms with van der Waals surface area (Å²) in [5, 5.41) is 6.16. The van der Waals surface area contributed by atoms with Crippen LogP contribution < -0.4 is 4.90 Å². The second-order valence-corrected chi connectivity index (χ2v) is 4.91. The van der Waals surface area contributed by atoms with Gasteiger partial charge in [-0.05, 0) is 12.3 Å².